The molecule has 3 N–H and O–H groups in total. The summed E-state index contributed by atoms with van der Waals surface area (Å²) in [6, 6.07) is 19.5. The number of benzene rings is 3. The van der Waals surface area contributed by atoms with E-state index in [9.17, 15) is 18.0 Å². The Bertz CT molecular complexity index is 1540. The first-order valence-electron chi connectivity index (χ1n) is 10.4. The van der Waals surface area contributed by atoms with E-state index in [2.05, 4.69) is 10.3 Å². The number of amides is 1. The standard InChI is InChI=1S/C25H21N3O4S3/c1-16-24(22(29)14-9-18-7-4-6-17-5-2-3-8-21(17)18)34-25(27-16)33-15-23(30)28-19-10-12-20(13-11-19)35(26,31)32/h2-14H,15H2,1H3,(H,28,30)(H2,26,31,32)/b14-9+. The predicted octanol–water partition coefficient (Wildman–Crippen LogP) is 4.88. The fourth-order valence-electron chi connectivity index (χ4n) is 3.35. The molecule has 0 radical (unpaired) electrons. The highest BCUT2D eigenvalue weighted by Gasteiger charge is 2.15. The first-order valence-corrected chi connectivity index (χ1v) is 13.8. The number of carbonyl (C=O) groups excluding carboxylic acids is 2. The number of nitrogens with zero attached hydrogens (tertiary/aromatic N) is 1. The van der Waals surface area contributed by atoms with Crippen LogP contribution in [0, 0.1) is 6.92 Å². The van der Waals surface area contributed by atoms with Crippen LogP contribution in [0.3, 0.4) is 0 Å². The largest absolute Gasteiger partial charge is 0.325 e. The number of nitrogens with two attached hydrogens (primary N) is 1. The number of nitrogens with one attached hydrogen (secondary N) is 1. The molecule has 0 bridgehead atoms. The SMILES string of the molecule is Cc1nc(SCC(=O)Nc2ccc(S(N)(=O)=O)cc2)sc1C(=O)/C=C/c1cccc2ccccc12. The van der Waals surface area contributed by atoms with Gasteiger partial charge in [-0.1, -0.05) is 60.3 Å². The van der Waals surface area contributed by atoms with Gasteiger partial charge in [0.15, 0.2) is 10.1 Å². The van der Waals surface area contributed by atoms with E-state index in [4.69, 9.17) is 5.14 Å². The van der Waals surface area contributed by atoms with Crippen LogP contribution in [0.4, 0.5) is 5.69 Å². The zero-order valence-corrected chi connectivity index (χ0v) is 21.0. The topological polar surface area (TPSA) is 119 Å². The summed E-state index contributed by atoms with van der Waals surface area (Å²) in [7, 11) is -3.79. The Hall–Kier alpha value is -3.31. The second-order valence-electron chi connectivity index (χ2n) is 7.57. The van der Waals surface area contributed by atoms with Gasteiger partial charge in [-0.3, -0.25) is 9.59 Å². The summed E-state index contributed by atoms with van der Waals surface area (Å²) in [5.74, 6) is -0.335. The third kappa shape index (κ3) is 6.23. The number of ketones is 1. The summed E-state index contributed by atoms with van der Waals surface area (Å²) in [6.45, 7) is 1.77. The molecule has 0 spiro atoms. The predicted molar refractivity (Wildman–Crippen MR) is 141 cm³/mol. The zero-order valence-electron chi connectivity index (χ0n) is 18.6. The van der Waals surface area contributed by atoms with Gasteiger partial charge < -0.3 is 5.32 Å². The first kappa shape index (κ1) is 24.8. The minimum Gasteiger partial charge on any atom is -0.325 e. The number of hydrogen-bond donors (Lipinski definition) is 2. The molecule has 0 fully saturated rings. The van der Waals surface area contributed by atoms with Crippen LogP contribution < -0.4 is 10.5 Å². The molecule has 35 heavy (non-hydrogen) atoms. The van der Waals surface area contributed by atoms with E-state index < -0.39 is 10.0 Å². The Morgan fingerprint density at radius 2 is 1.77 bits per heavy atom. The maximum Gasteiger partial charge on any atom is 0.238 e. The van der Waals surface area contributed by atoms with Gasteiger partial charge in [0.1, 0.15) is 0 Å². The molecule has 7 nitrogen and oxygen atoms in total. The van der Waals surface area contributed by atoms with Crippen molar-refractivity contribution in [1.82, 2.24) is 4.98 Å². The Balaban J connectivity index is 1.38. The van der Waals surface area contributed by atoms with E-state index >= 15 is 0 Å². The van der Waals surface area contributed by atoms with Gasteiger partial charge in [0, 0.05) is 5.69 Å². The molecular formula is C25H21N3O4S3. The van der Waals surface area contributed by atoms with E-state index in [-0.39, 0.29) is 22.3 Å². The molecular weight excluding hydrogens is 502 g/mol. The molecule has 0 saturated heterocycles. The zero-order chi connectivity index (χ0) is 25.0. The molecule has 3 aromatic carbocycles. The monoisotopic (exact) mass is 523 g/mol. The number of hydrogen-bond acceptors (Lipinski definition) is 7. The Labute approximate surface area is 211 Å². The average molecular weight is 524 g/mol. The number of fused-ring (bicyclic) bond motifs is 1. The molecule has 0 saturated carbocycles. The molecule has 0 unspecified atom stereocenters. The normalized spacial score (nSPS) is 11.7. The van der Waals surface area contributed by atoms with Crippen LogP contribution >= 0.6 is 23.1 Å². The van der Waals surface area contributed by atoms with Crippen molar-refractivity contribution in [2.24, 2.45) is 5.14 Å². The minimum absolute atomic E-state index is 0.0326. The summed E-state index contributed by atoms with van der Waals surface area (Å²) in [6.07, 6.45) is 3.36. The van der Waals surface area contributed by atoms with Gasteiger partial charge in [-0.05, 0) is 53.6 Å². The van der Waals surface area contributed by atoms with Gasteiger partial charge in [0.2, 0.25) is 15.9 Å². The van der Waals surface area contributed by atoms with Crippen LogP contribution in [0.15, 0.2) is 82.0 Å². The number of anilines is 1. The molecule has 0 aliphatic carbocycles. The van der Waals surface area contributed by atoms with Gasteiger partial charge in [-0.2, -0.15) is 0 Å². The third-order valence-electron chi connectivity index (χ3n) is 5.03. The lowest BCUT2D eigenvalue weighted by Crippen LogP contribution is -2.15. The van der Waals surface area contributed by atoms with E-state index in [1.54, 1.807) is 13.0 Å². The summed E-state index contributed by atoms with van der Waals surface area (Å²) < 4.78 is 23.3. The van der Waals surface area contributed by atoms with E-state index in [1.807, 2.05) is 48.5 Å². The fourth-order valence-corrected chi connectivity index (χ4v) is 5.78. The molecule has 0 atom stereocenters. The Morgan fingerprint density at radius 3 is 2.51 bits per heavy atom. The van der Waals surface area contributed by atoms with Crippen molar-refractivity contribution in [3.05, 3.63) is 88.9 Å². The van der Waals surface area contributed by atoms with E-state index in [0.717, 1.165) is 16.3 Å². The lowest BCUT2D eigenvalue weighted by molar-refractivity contribution is -0.113. The quantitative estimate of drug-likeness (QED) is 0.193. The molecule has 4 aromatic rings. The second-order valence-corrected chi connectivity index (χ2v) is 11.3. The van der Waals surface area contributed by atoms with E-state index in [1.165, 1.54) is 47.4 Å². The van der Waals surface area contributed by atoms with Crippen LogP contribution in [0.5, 0.6) is 0 Å². The highest BCUT2D eigenvalue weighted by Crippen LogP contribution is 2.28. The maximum atomic E-state index is 12.8. The molecule has 1 amide bonds. The molecule has 1 aromatic heterocycles. The highest BCUT2D eigenvalue weighted by molar-refractivity contribution is 8.01. The van der Waals surface area contributed by atoms with Crippen molar-refractivity contribution in [3.8, 4) is 0 Å². The lowest BCUT2D eigenvalue weighted by Gasteiger charge is -2.05. The lowest BCUT2D eigenvalue weighted by atomic mass is 10.0. The van der Waals surface area contributed by atoms with Gasteiger partial charge in [0.05, 0.1) is 21.2 Å². The third-order valence-corrected chi connectivity index (χ3v) is 8.28. The highest BCUT2D eigenvalue weighted by atomic mass is 32.2. The summed E-state index contributed by atoms with van der Waals surface area (Å²) in [4.78, 5) is 30.0. The van der Waals surface area contributed by atoms with Crippen LogP contribution in [0.1, 0.15) is 20.9 Å². The number of primary sulfonamides is 1. The number of carbonyl (C=O) groups is 2. The molecule has 10 heteroatoms. The summed E-state index contributed by atoms with van der Waals surface area (Å²) in [5.41, 5.74) is 2.03. The molecule has 1 heterocycles. The van der Waals surface area contributed by atoms with E-state index in [0.29, 0.717) is 20.6 Å². The van der Waals surface area contributed by atoms with Gasteiger partial charge >= 0.3 is 0 Å². The number of thioether (sulfide) groups is 1. The van der Waals surface area contributed by atoms with Crippen molar-refractivity contribution in [1.29, 1.82) is 0 Å². The Kier molecular flexibility index (Phi) is 7.46. The van der Waals surface area contributed by atoms with Gasteiger partial charge in [-0.15, -0.1) is 11.3 Å². The second kappa shape index (κ2) is 10.5. The number of allylic oxidation sites excluding steroid dienone is 1. The fraction of sp³-hybridized carbons (Fsp3) is 0.0800. The Morgan fingerprint density at radius 1 is 1.06 bits per heavy atom. The van der Waals surface area contributed by atoms with Crippen molar-refractivity contribution in [2.75, 3.05) is 11.1 Å². The van der Waals surface area contributed by atoms with Crippen molar-refractivity contribution in [3.63, 3.8) is 0 Å². The van der Waals surface area contributed by atoms with Crippen LogP contribution in [-0.4, -0.2) is 30.8 Å². The van der Waals surface area contributed by atoms with Crippen molar-refractivity contribution >= 4 is 67.3 Å². The molecule has 0 aliphatic rings. The summed E-state index contributed by atoms with van der Waals surface area (Å²) >= 11 is 2.48. The van der Waals surface area contributed by atoms with Gasteiger partial charge in [0.25, 0.3) is 0 Å². The smallest absolute Gasteiger partial charge is 0.238 e. The van der Waals surface area contributed by atoms with Crippen LogP contribution in [-0.2, 0) is 14.8 Å². The van der Waals surface area contributed by atoms with Crippen molar-refractivity contribution in [2.45, 2.75) is 16.2 Å². The van der Waals surface area contributed by atoms with Crippen molar-refractivity contribution < 1.29 is 18.0 Å². The number of aryl methyl sites for hydroxylation is 1. The van der Waals surface area contributed by atoms with Gasteiger partial charge in [-0.25, -0.2) is 18.5 Å². The molecule has 4 rings (SSSR count). The number of aromatic nitrogens is 1. The number of thiazole rings is 1. The van der Waals surface area contributed by atoms with Crippen LogP contribution in [0.25, 0.3) is 16.8 Å². The average Bonchev–Trinajstić information content (AvgIpc) is 3.21. The summed E-state index contributed by atoms with van der Waals surface area (Å²) in [5, 5.41) is 9.94. The minimum atomic E-state index is -3.79. The first-order chi connectivity index (χ1) is 16.7. The molecule has 178 valence electrons. The maximum absolute atomic E-state index is 12.8. The molecule has 0 aliphatic heterocycles. The number of rotatable bonds is 8. The number of sulfonamides is 1. The van der Waals surface area contributed by atoms with Crippen LogP contribution in [0.2, 0.25) is 0 Å².